The fourth-order valence-corrected chi connectivity index (χ4v) is 1.94. The van der Waals surface area contributed by atoms with Gasteiger partial charge in [-0.25, -0.2) is 0 Å². The molecule has 0 bridgehead atoms. The molecule has 2 atom stereocenters. The van der Waals surface area contributed by atoms with Crippen molar-refractivity contribution in [2.45, 2.75) is 12.1 Å². The van der Waals surface area contributed by atoms with Crippen LogP contribution < -0.4 is 15.8 Å². The van der Waals surface area contributed by atoms with E-state index in [1.807, 2.05) is 30.3 Å². The van der Waals surface area contributed by atoms with Gasteiger partial charge in [-0.15, -0.1) is 0 Å². The van der Waals surface area contributed by atoms with E-state index in [4.69, 9.17) is 15.6 Å². The second kappa shape index (κ2) is 8.28. The SMILES string of the molecule is NC(CO)C(=O)NCC(O)c1cccc(Oc2ccccc2)c1. The maximum absolute atomic E-state index is 11.5. The maximum Gasteiger partial charge on any atom is 0.239 e. The molecular weight excluding hydrogens is 296 g/mol. The van der Waals surface area contributed by atoms with Crippen LogP contribution in [0.25, 0.3) is 0 Å². The largest absolute Gasteiger partial charge is 0.457 e. The minimum Gasteiger partial charge on any atom is -0.457 e. The van der Waals surface area contributed by atoms with Crippen LogP contribution >= 0.6 is 0 Å². The Morgan fingerprint density at radius 3 is 2.52 bits per heavy atom. The van der Waals surface area contributed by atoms with Gasteiger partial charge < -0.3 is 26.0 Å². The molecule has 0 heterocycles. The molecule has 0 radical (unpaired) electrons. The third-order valence-electron chi connectivity index (χ3n) is 3.22. The van der Waals surface area contributed by atoms with Crippen LogP contribution in [0.3, 0.4) is 0 Å². The number of hydrogen-bond donors (Lipinski definition) is 4. The lowest BCUT2D eigenvalue weighted by Crippen LogP contribution is -2.44. The number of hydrogen-bond acceptors (Lipinski definition) is 5. The molecule has 2 rings (SSSR count). The fraction of sp³-hybridized carbons (Fsp3) is 0.235. The minimum atomic E-state index is -0.991. The molecule has 23 heavy (non-hydrogen) atoms. The molecule has 0 aliphatic carbocycles. The Kier molecular flexibility index (Phi) is 6.10. The molecule has 6 nitrogen and oxygen atoms in total. The molecule has 0 aliphatic heterocycles. The summed E-state index contributed by atoms with van der Waals surface area (Å²) in [5.74, 6) is 0.774. The Hall–Kier alpha value is -2.41. The van der Waals surface area contributed by atoms with Crippen LogP contribution in [-0.2, 0) is 4.79 Å². The fourth-order valence-electron chi connectivity index (χ4n) is 1.94. The second-order valence-corrected chi connectivity index (χ2v) is 5.04. The second-order valence-electron chi connectivity index (χ2n) is 5.04. The number of carbonyl (C=O) groups is 1. The molecule has 5 N–H and O–H groups in total. The van der Waals surface area contributed by atoms with Crippen molar-refractivity contribution in [1.29, 1.82) is 0 Å². The van der Waals surface area contributed by atoms with Gasteiger partial charge in [0.25, 0.3) is 0 Å². The van der Waals surface area contributed by atoms with Crippen molar-refractivity contribution in [3.05, 3.63) is 60.2 Å². The van der Waals surface area contributed by atoms with E-state index in [2.05, 4.69) is 5.32 Å². The van der Waals surface area contributed by atoms with Crippen LogP contribution in [-0.4, -0.2) is 35.3 Å². The van der Waals surface area contributed by atoms with E-state index in [1.54, 1.807) is 24.3 Å². The summed E-state index contributed by atoms with van der Waals surface area (Å²) in [5.41, 5.74) is 6.00. The zero-order chi connectivity index (χ0) is 16.7. The van der Waals surface area contributed by atoms with Gasteiger partial charge in [0.05, 0.1) is 12.7 Å². The van der Waals surface area contributed by atoms with E-state index in [9.17, 15) is 9.90 Å². The lowest BCUT2D eigenvalue weighted by molar-refractivity contribution is -0.123. The van der Waals surface area contributed by atoms with Crippen molar-refractivity contribution in [2.24, 2.45) is 5.73 Å². The van der Waals surface area contributed by atoms with Crippen LogP contribution in [0, 0.1) is 0 Å². The number of nitrogens with one attached hydrogen (secondary N) is 1. The number of aliphatic hydroxyl groups is 2. The van der Waals surface area contributed by atoms with Gasteiger partial charge in [-0.3, -0.25) is 4.79 Å². The quantitative estimate of drug-likeness (QED) is 0.609. The predicted octanol–water partition coefficient (Wildman–Crippen LogP) is 0.948. The van der Waals surface area contributed by atoms with Crippen molar-refractivity contribution in [2.75, 3.05) is 13.2 Å². The van der Waals surface area contributed by atoms with E-state index in [1.165, 1.54) is 0 Å². The summed E-state index contributed by atoms with van der Waals surface area (Å²) < 4.78 is 5.70. The Bertz CT molecular complexity index is 634. The monoisotopic (exact) mass is 316 g/mol. The van der Waals surface area contributed by atoms with E-state index in [-0.39, 0.29) is 6.54 Å². The van der Waals surface area contributed by atoms with Gasteiger partial charge in [0, 0.05) is 6.54 Å². The lowest BCUT2D eigenvalue weighted by Gasteiger charge is -2.15. The summed E-state index contributed by atoms with van der Waals surface area (Å²) in [6.07, 6.45) is -0.899. The highest BCUT2D eigenvalue weighted by Crippen LogP contribution is 2.24. The molecule has 122 valence electrons. The summed E-state index contributed by atoms with van der Waals surface area (Å²) >= 11 is 0. The zero-order valence-corrected chi connectivity index (χ0v) is 12.6. The summed E-state index contributed by atoms with van der Waals surface area (Å²) in [4.78, 5) is 11.5. The lowest BCUT2D eigenvalue weighted by atomic mass is 10.1. The van der Waals surface area contributed by atoms with Crippen molar-refractivity contribution in [3.63, 3.8) is 0 Å². The highest BCUT2D eigenvalue weighted by atomic mass is 16.5. The Morgan fingerprint density at radius 1 is 1.13 bits per heavy atom. The predicted molar refractivity (Wildman–Crippen MR) is 86.0 cm³/mol. The first-order chi connectivity index (χ1) is 11.1. The summed E-state index contributed by atoms with van der Waals surface area (Å²) in [7, 11) is 0. The molecule has 2 unspecified atom stereocenters. The van der Waals surface area contributed by atoms with E-state index in [0.29, 0.717) is 17.1 Å². The third-order valence-corrected chi connectivity index (χ3v) is 3.22. The van der Waals surface area contributed by atoms with E-state index < -0.39 is 24.7 Å². The highest BCUT2D eigenvalue weighted by molar-refractivity contribution is 5.81. The summed E-state index contributed by atoms with van der Waals surface area (Å²) in [5, 5.41) is 21.4. The molecule has 0 fully saturated rings. The molecule has 0 saturated carbocycles. The van der Waals surface area contributed by atoms with E-state index >= 15 is 0 Å². The summed E-state index contributed by atoms with van der Waals surface area (Å²) in [6.45, 7) is -0.441. The normalized spacial score (nSPS) is 13.2. The summed E-state index contributed by atoms with van der Waals surface area (Å²) in [6, 6.07) is 15.3. The average molecular weight is 316 g/mol. The van der Waals surface area contributed by atoms with Gasteiger partial charge in [0.1, 0.15) is 17.5 Å². The first-order valence-corrected chi connectivity index (χ1v) is 7.25. The zero-order valence-electron chi connectivity index (χ0n) is 12.6. The highest BCUT2D eigenvalue weighted by Gasteiger charge is 2.15. The number of amides is 1. The molecular formula is C17H20N2O4. The number of para-hydroxylation sites is 1. The average Bonchev–Trinajstić information content (AvgIpc) is 2.59. The molecule has 0 aliphatic rings. The van der Waals surface area contributed by atoms with Crippen LogP contribution in [0.4, 0.5) is 0 Å². The number of aliphatic hydroxyl groups excluding tert-OH is 2. The van der Waals surface area contributed by atoms with Crippen molar-refractivity contribution in [1.82, 2.24) is 5.32 Å². The maximum atomic E-state index is 11.5. The van der Waals surface area contributed by atoms with Gasteiger partial charge in [0.15, 0.2) is 0 Å². The Balaban J connectivity index is 1.97. The molecule has 0 saturated heterocycles. The van der Waals surface area contributed by atoms with E-state index in [0.717, 1.165) is 0 Å². The first-order valence-electron chi connectivity index (χ1n) is 7.25. The van der Waals surface area contributed by atoms with Gasteiger partial charge in [-0.05, 0) is 29.8 Å². The molecule has 2 aromatic carbocycles. The third kappa shape index (κ3) is 5.07. The number of nitrogens with two attached hydrogens (primary N) is 1. The van der Waals surface area contributed by atoms with Gasteiger partial charge in [-0.2, -0.15) is 0 Å². The number of benzene rings is 2. The molecule has 2 aromatic rings. The topological polar surface area (TPSA) is 105 Å². The van der Waals surface area contributed by atoms with Gasteiger partial charge in [0.2, 0.25) is 5.91 Å². The minimum absolute atomic E-state index is 0.00131. The van der Waals surface area contributed by atoms with Crippen molar-refractivity contribution in [3.8, 4) is 11.5 Å². The number of ether oxygens (including phenoxy) is 1. The molecule has 1 amide bonds. The van der Waals surface area contributed by atoms with Crippen molar-refractivity contribution >= 4 is 5.91 Å². The molecule has 0 aromatic heterocycles. The van der Waals surface area contributed by atoms with Gasteiger partial charge >= 0.3 is 0 Å². The number of rotatable bonds is 7. The van der Waals surface area contributed by atoms with Crippen LogP contribution in [0.1, 0.15) is 11.7 Å². The molecule has 0 spiro atoms. The number of carbonyl (C=O) groups excluding carboxylic acids is 1. The van der Waals surface area contributed by atoms with Crippen LogP contribution in [0.15, 0.2) is 54.6 Å². The molecule has 6 heteroatoms. The van der Waals surface area contributed by atoms with Crippen LogP contribution in [0.2, 0.25) is 0 Å². The first kappa shape index (κ1) is 17.0. The standard InChI is InChI=1S/C17H20N2O4/c18-15(11-20)17(22)19-10-16(21)12-5-4-8-14(9-12)23-13-6-2-1-3-7-13/h1-9,15-16,20-21H,10-11,18H2,(H,19,22). The Labute approximate surface area is 134 Å². The smallest absolute Gasteiger partial charge is 0.239 e. The Morgan fingerprint density at radius 2 is 1.83 bits per heavy atom. The van der Waals surface area contributed by atoms with Crippen LogP contribution in [0.5, 0.6) is 11.5 Å². The van der Waals surface area contributed by atoms with Gasteiger partial charge in [-0.1, -0.05) is 30.3 Å². The van der Waals surface area contributed by atoms with Crippen molar-refractivity contribution < 1.29 is 19.7 Å².